The van der Waals surface area contributed by atoms with Gasteiger partial charge in [-0.3, -0.25) is 0 Å². The molecule has 0 spiro atoms. The van der Waals surface area contributed by atoms with E-state index in [1.54, 1.807) is 0 Å². The molecule has 1 aliphatic heterocycles. The molecule has 1 heterocycles. The van der Waals surface area contributed by atoms with E-state index >= 15 is 0 Å². The molecule has 0 aromatic carbocycles. The Hall–Kier alpha value is -0.0800. The van der Waals surface area contributed by atoms with Crippen LogP contribution in [0.15, 0.2) is 0 Å². The summed E-state index contributed by atoms with van der Waals surface area (Å²) >= 11 is 0. The molecule has 2 fully saturated rings. The lowest BCUT2D eigenvalue weighted by Crippen LogP contribution is -2.43. The highest BCUT2D eigenvalue weighted by atomic mass is 15.2. The third-order valence-corrected chi connectivity index (χ3v) is 3.10. The summed E-state index contributed by atoms with van der Waals surface area (Å²) in [6.45, 7) is 2.36. The van der Waals surface area contributed by atoms with Crippen molar-refractivity contribution in [3.8, 4) is 0 Å². The summed E-state index contributed by atoms with van der Waals surface area (Å²) in [5.74, 6) is 0.803. The maximum atomic E-state index is 6.21. The molecule has 1 saturated heterocycles. The molecule has 2 nitrogen and oxygen atoms in total. The number of likely N-dealkylation sites (tertiary alicyclic amines) is 1. The highest BCUT2D eigenvalue weighted by molar-refractivity contribution is 5.03. The first-order valence-electron chi connectivity index (χ1n) is 4.18. The molecule has 0 aromatic rings. The molecule has 2 N–H and O–H groups in total. The molecule has 0 bridgehead atoms. The molecule has 2 rings (SSSR count). The molecule has 2 aliphatic rings. The van der Waals surface area contributed by atoms with Crippen LogP contribution in [0.2, 0.25) is 0 Å². The van der Waals surface area contributed by atoms with Gasteiger partial charge in [0.1, 0.15) is 0 Å². The minimum atomic E-state index is 0.203. The zero-order chi connectivity index (χ0) is 7.19. The average molecular weight is 140 g/mol. The first-order chi connectivity index (χ1) is 4.71. The van der Waals surface area contributed by atoms with Crippen LogP contribution in [0.25, 0.3) is 0 Å². The highest BCUT2D eigenvalue weighted by Crippen LogP contribution is 2.38. The lowest BCUT2D eigenvalue weighted by Gasteiger charge is -2.22. The van der Waals surface area contributed by atoms with Gasteiger partial charge in [0.25, 0.3) is 0 Å². The number of hydrogen-bond donors (Lipinski definition) is 1. The Morgan fingerprint density at radius 1 is 1.60 bits per heavy atom. The Balaban J connectivity index is 2.15. The monoisotopic (exact) mass is 140 g/mol. The average Bonchev–Trinajstić information content (AvgIpc) is 2.20. The van der Waals surface area contributed by atoms with Crippen LogP contribution in [0.1, 0.15) is 19.3 Å². The lowest BCUT2D eigenvalue weighted by molar-refractivity contribution is 0.361. The summed E-state index contributed by atoms with van der Waals surface area (Å²) < 4.78 is 0. The topological polar surface area (TPSA) is 29.3 Å². The Bertz CT molecular complexity index is 146. The number of hydrogen-bond acceptors (Lipinski definition) is 2. The van der Waals surface area contributed by atoms with Crippen LogP contribution in [0.5, 0.6) is 0 Å². The summed E-state index contributed by atoms with van der Waals surface area (Å²) in [6.07, 6.45) is 3.97. The fraction of sp³-hybridized carbons (Fsp3) is 1.00. The lowest BCUT2D eigenvalue weighted by atomic mass is 9.92. The van der Waals surface area contributed by atoms with E-state index < -0.39 is 0 Å². The van der Waals surface area contributed by atoms with Crippen molar-refractivity contribution in [2.75, 3.05) is 20.1 Å². The van der Waals surface area contributed by atoms with E-state index in [4.69, 9.17) is 5.73 Å². The second-order valence-corrected chi connectivity index (χ2v) is 4.02. The zero-order valence-electron chi connectivity index (χ0n) is 6.64. The molecular formula is C8H16N2. The number of nitrogens with two attached hydrogens (primary N) is 1. The molecule has 0 unspecified atom stereocenters. The van der Waals surface area contributed by atoms with Crippen molar-refractivity contribution in [3.63, 3.8) is 0 Å². The molecule has 2 heteroatoms. The molecule has 0 amide bonds. The van der Waals surface area contributed by atoms with Gasteiger partial charge in [0.15, 0.2) is 0 Å². The van der Waals surface area contributed by atoms with Crippen molar-refractivity contribution < 1.29 is 0 Å². The number of rotatable bonds is 0. The SMILES string of the molecule is CN1C[C@@H]2CCC[C@@]2(N)C1. The van der Waals surface area contributed by atoms with Crippen LogP contribution in [0.3, 0.4) is 0 Å². The van der Waals surface area contributed by atoms with Crippen molar-refractivity contribution >= 4 is 0 Å². The summed E-state index contributed by atoms with van der Waals surface area (Å²) in [5, 5.41) is 0. The summed E-state index contributed by atoms with van der Waals surface area (Å²) in [4.78, 5) is 2.36. The second-order valence-electron chi connectivity index (χ2n) is 4.02. The van der Waals surface area contributed by atoms with Crippen molar-refractivity contribution in [2.24, 2.45) is 11.7 Å². The van der Waals surface area contributed by atoms with Crippen molar-refractivity contribution in [2.45, 2.75) is 24.8 Å². The molecule has 0 radical (unpaired) electrons. The number of likely N-dealkylation sites (N-methyl/N-ethyl adjacent to an activating group) is 1. The second kappa shape index (κ2) is 1.95. The van der Waals surface area contributed by atoms with Gasteiger partial charge in [0, 0.05) is 18.6 Å². The van der Waals surface area contributed by atoms with Crippen LogP contribution in [0.4, 0.5) is 0 Å². The number of fused-ring (bicyclic) bond motifs is 1. The van der Waals surface area contributed by atoms with Gasteiger partial charge in [-0.25, -0.2) is 0 Å². The predicted octanol–water partition coefficient (Wildman–Crippen LogP) is 0.429. The van der Waals surface area contributed by atoms with Gasteiger partial charge in [-0.1, -0.05) is 6.42 Å². The molecule has 2 atom stereocenters. The van der Waals surface area contributed by atoms with Gasteiger partial charge in [-0.05, 0) is 25.8 Å². The minimum absolute atomic E-state index is 0.203. The van der Waals surface area contributed by atoms with E-state index in [1.807, 2.05) is 0 Å². The van der Waals surface area contributed by atoms with E-state index in [2.05, 4.69) is 11.9 Å². The van der Waals surface area contributed by atoms with Gasteiger partial charge >= 0.3 is 0 Å². The Morgan fingerprint density at radius 3 is 3.10 bits per heavy atom. The van der Waals surface area contributed by atoms with Crippen LogP contribution >= 0.6 is 0 Å². The fourth-order valence-corrected chi connectivity index (χ4v) is 2.59. The maximum absolute atomic E-state index is 6.21. The third kappa shape index (κ3) is 0.789. The van der Waals surface area contributed by atoms with Crippen LogP contribution in [-0.2, 0) is 0 Å². The van der Waals surface area contributed by atoms with Gasteiger partial charge < -0.3 is 10.6 Å². The first kappa shape index (κ1) is 6.62. The fourth-order valence-electron chi connectivity index (χ4n) is 2.59. The maximum Gasteiger partial charge on any atom is 0.0324 e. The van der Waals surface area contributed by atoms with E-state index in [-0.39, 0.29) is 5.54 Å². The summed E-state index contributed by atoms with van der Waals surface area (Å²) in [7, 11) is 2.17. The van der Waals surface area contributed by atoms with Crippen molar-refractivity contribution in [1.82, 2.24) is 4.90 Å². The normalized spacial score (nSPS) is 48.0. The van der Waals surface area contributed by atoms with E-state index in [0.29, 0.717) is 0 Å². The Morgan fingerprint density at radius 2 is 2.40 bits per heavy atom. The molecule has 1 saturated carbocycles. The van der Waals surface area contributed by atoms with Crippen LogP contribution in [0, 0.1) is 5.92 Å². The molecule has 0 aromatic heterocycles. The summed E-state index contributed by atoms with van der Waals surface area (Å²) in [6, 6.07) is 0. The third-order valence-electron chi connectivity index (χ3n) is 3.10. The van der Waals surface area contributed by atoms with E-state index in [1.165, 1.54) is 25.8 Å². The van der Waals surface area contributed by atoms with Gasteiger partial charge in [-0.2, -0.15) is 0 Å². The Kier molecular flexibility index (Phi) is 1.29. The van der Waals surface area contributed by atoms with E-state index in [9.17, 15) is 0 Å². The largest absolute Gasteiger partial charge is 0.324 e. The summed E-state index contributed by atoms with van der Waals surface area (Å²) in [5.41, 5.74) is 6.42. The van der Waals surface area contributed by atoms with Crippen molar-refractivity contribution in [1.29, 1.82) is 0 Å². The number of nitrogens with zero attached hydrogens (tertiary/aromatic N) is 1. The quantitative estimate of drug-likeness (QED) is 0.528. The predicted molar refractivity (Wildman–Crippen MR) is 41.8 cm³/mol. The first-order valence-corrected chi connectivity index (χ1v) is 4.18. The Labute approximate surface area is 62.4 Å². The molecule has 58 valence electrons. The molecule has 1 aliphatic carbocycles. The molecule has 10 heavy (non-hydrogen) atoms. The van der Waals surface area contributed by atoms with Crippen LogP contribution < -0.4 is 5.73 Å². The van der Waals surface area contributed by atoms with Crippen LogP contribution in [-0.4, -0.2) is 30.6 Å². The standard InChI is InChI=1S/C8H16N2/c1-10-5-7-3-2-4-8(7,9)6-10/h7H,2-6,9H2,1H3/t7-,8+/m0/s1. The van der Waals surface area contributed by atoms with Gasteiger partial charge in [0.05, 0.1) is 0 Å². The van der Waals surface area contributed by atoms with Gasteiger partial charge in [0.2, 0.25) is 0 Å². The highest BCUT2D eigenvalue weighted by Gasteiger charge is 2.45. The zero-order valence-corrected chi connectivity index (χ0v) is 6.64. The smallest absolute Gasteiger partial charge is 0.0324 e. The minimum Gasteiger partial charge on any atom is -0.324 e. The van der Waals surface area contributed by atoms with E-state index in [0.717, 1.165) is 12.5 Å². The van der Waals surface area contributed by atoms with Crippen molar-refractivity contribution in [3.05, 3.63) is 0 Å². The molecular weight excluding hydrogens is 124 g/mol. The van der Waals surface area contributed by atoms with Gasteiger partial charge in [-0.15, -0.1) is 0 Å².